The molecule has 12 heavy (non-hydrogen) atoms. The van der Waals surface area contributed by atoms with Crippen molar-refractivity contribution in [2.75, 3.05) is 0 Å². The van der Waals surface area contributed by atoms with Crippen LogP contribution in [0.3, 0.4) is 0 Å². The number of hydrogen-bond donors (Lipinski definition) is 0. The van der Waals surface area contributed by atoms with Crippen molar-refractivity contribution in [1.29, 1.82) is 0 Å². The second-order valence-electron chi connectivity index (χ2n) is 2.44. The average molecular weight is 164 g/mol. The summed E-state index contributed by atoms with van der Waals surface area (Å²) in [5.41, 5.74) is 1.30. The van der Waals surface area contributed by atoms with Crippen LogP contribution >= 0.6 is 0 Å². The van der Waals surface area contributed by atoms with Gasteiger partial charge >= 0.3 is 0 Å². The minimum absolute atomic E-state index is 0.309. The monoisotopic (exact) mass is 164 g/mol. The first-order valence-electron chi connectivity index (χ1n) is 3.52. The van der Waals surface area contributed by atoms with Gasteiger partial charge in [-0.25, -0.2) is 14.4 Å². The zero-order valence-electron chi connectivity index (χ0n) is 6.37. The number of rotatable bonds is 1. The van der Waals surface area contributed by atoms with Gasteiger partial charge in [0.2, 0.25) is 0 Å². The van der Waals surface area contributed by atoms with Gasteiger partial charge in [0.15, 0.2) is 5.65 Å². The lowest BCUT2D eigenvalue weighted by molar-refractivity contribution is 0.462. The molecule has 2 aromatic heterocycles. The van der Waals surface area contributed by atoms with Gasteiger partial charge < -0.3 is 4.57 Å². The van der Waals surface area contributed by atoms with E-state index in [4.69, 9.17) is 0 Å². The first-order valence-corrected chi connectivity index (χ1v) is 3.52. The van der Waals surface area contributed by atoms with Crippen LogP contribution < -0.4 is 0 Å². The molecule has 2 rings (SSSR count). The Morgan fingerprint density at radius 2 is 2.42 bits per heavy atom. The Bertz CT molecular complexity index is 408. The molecule has 0 fully saturated rings. The van der Waals surface area contributed by atoms with Gasteiger partial charge in [0.25, 0.3) is 0 Å². The van der Waals surface area contributed by atoms with Crippen LogP contribution in [0, 0.1) is 7.05 Å². The van der Waals surface area contributed by atoms with Gasteiger partial charge in [0.1, 0.15) is 12.5 Å². The molecule has 0 aromatic carbocycles. The molecule has 0 unspecified atom stereocenters. The molecule has 0 saturated heterocycles. The van der Waals surface area contributed by atoms with Crippen molar-refractivity contribution in [2.45, 2.75) is 6.67 Å². The van der Waals surface area contributed by atoms with E-state index in [-0.39, 0.29) is 0 Å². The highest BCUT2D eigenvalue weighted by molar-refractivity contribution is 5.71. The van der Waals surface area contributed by atoms with Crippen molar-refractivity contribution < 1.29 is 4.39 Å². The SMILES string of the molecule is [CH2]n1c(CF)nc2ncccc21. The summed E-state index contributed by atoms with van der Waals surface area (Å²) < 4.78 is 13.7. The molecule has 0 N–H and O–H groups in total. The van der Waals surface area contributed by atoms with Crippen molar-refractivity contribution in [3.05, 3.63) is 31.2 Å². The standard InChI is InChI=1S/C8H7FN3/c1-12-6-3-2-4-10-8(6)11-7(12)5-9/h2-4H,1,5H2. The Labute approximate surface area is 68.9 Å². The van der Waals surface area contributed by atoms with Gasteiger partial charge in [0.05, 0.1) is 5.52 Å². The van der Waals surface area contributed by atoms with E-state index in [1.165, 1.54) is 4.57 Å². The Morgan fingerprint density at radius 3 is 3.08 bits per heavy atom. The second-order valence-corrected chi connectivity index (χ2v) is 2.44. The molecule has 3 nitrogen and oxygen atoms in total. The fraction of sp³-hybridized carbons (Fsp3) is 0.125. The third kappa shape index (κ3) is 0.879. The van der Waals surface area contributed by atoms with Crippen LogP contribution in [0.5, 0.6) is 0 Å². The van der Waals surface area contributed by atoms with E-state index in [0.29, 0.717) is 11.5 Å². The minimum atomic E-state index is -0.611. The Hall–Kier alpha value is -1.45. The van der Waals surface area contributed by atoms with Crippen molar-refractivity contribution >= 4 is 11.2 Å². The molecule has 2 aromatic rings. The molecule has 4 heteroatoms. The maximum Gasteiger partial charge on any atom is 0.178 e. The molecule has 0 atom stereocenters. The second kappa shape index (κ2) is 2.55. The highest BCUT2D eigenvalue weighted by atomic mass is 19.1. The van der Waals surface area contributed by atoms with Crippen LogP contribution in [0.1, 0.15) is 5.82 Å². The van der Waals surface area contributed by atoms with E-state index in [1.54, 1.807) is 12.3 Å². The molecule has 1 radical (unpaired) electrons. The molecule has 2 heterocycles. The summed E-state index contributed by atoms with van der Waals surface area (Å²) >= 11 is 0. The van der Waals surface area contributed by atoms with E-state index in [1.807, 2.05) is 6.07 Å². The van der Waals surface area contributed by atoms with Crippen LogP contribution in [0.2, 0.25) is 0 Å². The van der Waals surface area contributed by atoms with E-state index in [0.717, 1.165) is 5.52 Å². The summed E-state index contributed by atoms with van der Waals surface area (Å²) in [5.74, 6) is 0.309. The summed E-state index contributed by atoms with van der Waals surface area (Å²) in [6, 6.07) is 3.58. The molecular weight excluding hydrogens is 157 g/mol. The van der Waals surface area contributed by atoms with E-state index in [2.05, 4.69) is 17.0 Å². The number of halogens is 1. The molecule has 0 spiro atoms. The number of aromatic nitrogens is 3. The van der Waals surface area contributed by atoms with Crippen LogP contribution in [0.25, 0.3) is 11.2 Å². The van der Waals surface area contributed by atoms with Crippen molar-refractivity contribution in [3.63, 3.8) is 0 Å². The van der Waals surface area contributed by atoms with Gasteiger partial charge in [-0.3, -0.25) is 0 Å². The number of fused-ring (bicyclic) bond motifs is 1. The highest BCUT2D eigenvalue weighted by Crippen LogP contribution is 2.12. The fourth-order valence-corrected chi connectivity index (χ4v) is 1.11. The zero-order chi connectivity index (χ0) is 8.55. The van der Waals surface area contributed by atoms with Crippen LogP contribution in [-0.4, -0.2) is 14.5 Å². The molecule has 0 saturated carbocycles. The normalized spacial score (nSPS) is 10.8. The van der Waals surface area contributed by atoms with Gasteiger partial charge in [-0.05, 0) is 12.1 Å². The summed E-state index contributed by atoms with van der Waals surface area (Å²) in [6.45, 7) is -0.611. The lowest BCUT2D eigenvalue weighted by Crippen LogP contribution is -1.91. The minimum Gasteiger partial charge on any atom is -0.323 e. The molecule has 0 bridgehead atoms. The molecule has 0 aliphatic carbocycles. The fourth-order valence-electron chi connectivity index (χ4n) is 1.11. The topological polar surface area (TPSA) is 30.7 Å². The summed E-state index contributed by atoms with van der Waals surface area (Å²) in [7, 11) is 3.65. The van der Waals surface area contributed by atoms with Crippen molar-refractivity contribution in [2.24, 2.45) is 0 Å². The third-order valence-electron chi connectivity index (χ3n) is 1.72. The highest BCUT2D eigenvalue weighted by Gasteiger charge is 2.06. The first kappa shape index (κ1) is 7.21. The summed E-state index contributed by atoms with van der Waals surface area (Å²) in [6.07, 6.45) is 1.62. The van der Waals surface area contributed by atoms with Gasteiger partial charge in [-0.15, -0.1) is 0 Å². The van der Waals surface area contributed by atoms with Crippen molar-refractivity contribution in [3.8, 4) is 0 Å². The van der Waals surface area contributed by atoms with E-state index < -0.39 is 6.67 Å². The summed E-state index contributed by atoms with van der Waals surface area (Å²) in [5, 5.41) is 0. The quantitative estimate of drug-likeness (QED) is 0.640. The van der Waals surface area contributed by atoms with Gasteiger partial charge in [-0.1, -0.05) is 0 Å². The third-order valence-corrected chi connectivity index (χ3v) is 1.72. The Balaban J connectivity index is 2.78. The van der Waals surface area contributed by atoms with Crippen molar-refractivity contribution in [1.82, 2.24) is 14.5 Å². The molecule has 0 aliphatic heterocycles. The largest absolute Gasteiger partial charge is 0.323 e. The molecule has 0 aliphatic rings. The number of nitrogens with zero attached hydrogens (tertiary/aromatic N) is 3. The van der Waals surface area contributed by atoms with Crippen LogP contribution in [-0.2, 0) is 6.67 Å². The average Bonchev–Trinajstić information content (AvgIpc) is 2.44. The predicted octanol–water partition coefficient (Wildman–Crippen LogP) is 1.54. The van der Waals surface area contributed by atoms with Gasteiger partial charge in [-0.2, -0.15) is 0 Å². The molecule has 61 valence electrons. The number of hydrogen-bond acceptors (Lipinski definition) is 2. The maximum atomic E-state index is 12.3. The van der Waals surface area contributed by atoms with Crippen LogP contribution in [0.4, 0.5) is 4.39 Å². The number of pyridine rings is 1. The predicted molar refractivity (Wildman–Crippen MR) is 43.1 cm³/mol. The molecule has 0 amide bonds. The van der Waals surface area contributed by atoms with Crippen LogP contribution in [0.15, 0.2) is 18.3 Å². The Kier molecular flexibility index (Phi) is 1.53. The lowest BCUT2D eigenvalue weighted by atomic mass is 10.4. The smallest absolute Gasteiger partial charge is 0.178 e. The maximum absolute atomic E-state index is 12.3. The summed E-state index contributed by atoms with van der Waals surface area (Å²) in [4.78, 5) is 7.92. The first-order chi connectivity index (χ1) is 5.83. The zero-order valence-corrected chi connectivity index (χ0v) is 6.37. The van der Waals surface area contributed by atoms with E-state index in [9.17, 15) is 4.39 Å². The van der Waals surface area contributed by atoms with Gasteiger partial charge in [0, 0.05) is 13.2 Å². The number of imidazole rings is 1. The molecular formula is C8H7FN3. The van der Waals surface area contributed by atoms with E-state index >= 15 is 0 Å². The number of alkyl halides is 1. The lowest BCUT2D eigenvalue weighted by Gasteiger charge is -1.94. The Morgan fingerprint density at radius 1 is 1.58 bits per heavy atom.